The first kappa shape index (κ1) is 20.6. The SMILES string of the molecule is CC(C)(C)OC(=O)N1CCC(O)(C(=O)N2C(O)CCC2c2ccccc2)CC1. The van der Waals surface area contributed by atoms with E-state index in [1.54, 1.807) is 20.8 Å². The third-order valence-corrected chi connectivity index (χ3v) is 5.41. The molecule has 0 bridgehead atoms. The second kappa shape index (κ2) is 7.72. The molecule has 1 aromatic carbocycles. The number of carbonyl (C=O) groups is 2. The number of ether oxygens (including phenoxy) is 1. The van der Waals surface area contributed by atoms with E-state index >= 15 is 0 Å². The molecule has 2 amide bonds. The van der Waals surface area contributed by atoms with Gasteiger partial charge in [0.25, 0.3) is 5.91 Å². The summed E-state index contributed by atoms with van der Waals surface area (Å²) in [6, 6.07) is 9.31. The molecule has 0 radical (unpaired) electrons. The van der Waals surface area contributed by atoms with Crippen molar-refractivity contribution in [2.45, 2.75) is 69.9 Å². The van der Waals surface area contributed by atoms with E-state index in [0.717, 1.165) is 5.56 Å². The molecule has 7 heteroatoms. The molecule has 7 nitrogen and oxygen atoms in total. The summed E-state index contributed by atoms with van der Waals surface area (Å²) in [6.45, 7) is 5.86. The third-order valence-electron chi connectivity index (χ3n) is 5.41. The van der Waals surface area contributed by atoms with Crippen LogP contribution in [-0.2, 0) is 9.53 Å². The van der Waals surface area contributed by atoms with Crippen LogP contribution in [0.15, 0.2) is 30.3 Å². The highest BCUT2D eigenvalue weighted by Gasteiger charge is 2.48. The van der Waals surface area contributed by atoms with Gasteiger partial charge in [0.05, 0.1) is 6.04 Å². The molecule has 0 aromatic heterocycles. The van der Waals surface area contributed by atoms with Crippen LogP contribution in [0.4, 0.5) is 4.79 Å². The molecule has 1 aromatic rings. The lowest BCUT2D eigenvalue weighted by atomic mass is 9.89. The number of likely N-dealkylation sites (tertiary alicyclic amines) is 2. The minimum absolute atomic E-state index is 0.121. The van der Waals surface area contributed by atoms with E-state index in [9.17, 15) is 19.8 Å². The topological polar surface area (TPSA) is 90.3 Å². The minimum Gasteiger partial charge on any atom is -0.444 e. The number of carbonyl (C=O) groups excluding carboxylic acids is 2. The van der Waals surface area contributed by atoms with Gasteiger partial charge >= 0.3 is 6.09 Å². The van der Waals surface area contributed by atoms with Gasteiger partial charge in [0.2, 0.25) is 0 Å². The normalized spacial score (nSPS) is 24.9. The monoisotopic (exact) mass is 390 g/mol. The highest BCUT2D eigenvalue weighted by Crippen LogP contribution is 2.38. The molecule has 0 aliphatic carbocycles. The number of rotatable bonds is 2. The Kier molecular flexibility index (Phi) is 5.68. The number of nitrogens with zero attached hydrogens (tertiary/aromatic N) is 2. The van der Waals surface area contributed by atoms with Gasteiger partial charge in [0.15, 0.2) is 0 Å². The van der Waals surface area contributed by atoms with Crippen LogP contribution in [0.5, 0.6) is 0 Å². The molecule has 2 heterocycles. The fourth-order valence-electron chi connectivity index (χ4n) is 3.91. The minimum atomic E-state index is -1.59. The van der Waals surface area contributed by atoms with Crippen molar-refractivity contribution in [2.75, 3.05) is 13.1 Å². The number of hydrogen-bond donors (Lipinski definition) is 2. The molecule has 0 spiro atoms. The van der Waals surface area contributed by atoms with E-state index in [-0.39, 0.29) is 32.0 Å². The Balaban J connectivity index is 1.69. The van der Waals surface area contributed by atoms with Gasteiger partial charge in [-0.2, -0.15) is 0 Å². The van der Waals surface area contributed by atoms with Crippen molar-refractivity contribution in [3.8, 4) is 0 Å². The molecule has 154 valence electrons. The highest BCUT2D eigenvalue weighted by atomic mass is 16.6. The van der Waals surface area contributed by atoms with Gasteiger partial charge in [-0.25, -0.2) is 4.79 Å². The van der Waals surface area contributed by atoms with Crippen LogP contribution >= 0.6 is 0 Å². The molecule has 2 atom stereocenters. The van der Waals surface area contributed by atoms with E-state index in [1.165, 1.54) is 9.80 Å². The quantitative estimate of drug-likeness (QED) is 0.809. The van der Waals surface area contributed by atoms with Crippen molar-refractivity contribution in [3.63, 3.8) is 0 Å². The molecule has 2 aliphatic heterocycles. The van der Waals surface area contributed by atoms with Crippen LogP contribution in [0.1, 0.15) is 58.1 Å². The number of aliphatic hydroxyl groups excluding tert-OH is 1. The predicted molar refractivity (Wildman–Crippen MR) is 103 cm³/mol. The number of piperidine rings is 1. The second-order valence-electron chi connectivity index (χ2n) is 8.70. The van der Waals surface area contributed by atoms with E-state index in [0.29, 0.717) is 12.8 Å². The zero-order valence-electron chi connectivity index (χ0n) is 16.8. The van der Waals surface area contributed by atoms with E-state index < -0.39 is 29.4 Å². The molecule has 2 aliphatic rings. The lowest BCUT2D eigenvalue weighted by molar-refractivity contribution is -0.166. The van der Waals surface area contributed by atoms with Gasteiger partial charge in [-0.1, -0.05) is 30.3 Å². The van der Waals surface area contributed by atoms with E-state index in [1.807, 2.05) is 30.3 Å². The largest absolute Gasteiger partial charge is 0.444 e. The molecule has 2 N–H and O–H groups in total. The Bertz CT molecular complexity index is 707. The molecule has 2 saturated heterocycles. The fourth-order valence-corrected chi connectivity index (χ4v) is 3.91. The van der Waals surface area contributed by atoms with Gasteiger partial charge in [0, 0.05) is 25.9 Å². The molecular weight excluding hydrogens is 360 g/mol. The zero-order valence-corrected chi connectivity index (χ0v) is 16.8. The maximum absolute atomic E-state index is 13.2. The van der Waals surface area contributed by atoms with Crippen LogP contribution in [-0.4, -0.2) is 62.5 Å². The van der Waals surface area contributed by atoms with Crippen LogP contribution < -0.4 is 0 Å². The molecule has 2 unspecified atom stereocenters. The summed E-state index contributed by atoms with van der Waals surface area (Å²) in [5.74, 6) is -0.463. The lowest BCUT2D eigenvalue weighted by Crippen LogP contribution is -2.57. The van der Waals surface area contributed by atoms with Crippen molar-refractivity contribution >= 4 is 12.0 Å². The third kappa shape index (κ3) is 4.31. The first-order chi connectivity index (χ1) is 13.1. The first-order valence-corrected chi connectivity index (χ1v) is 9.87. The van der Waals surface area contributed by atoms with Crippen LogP contribution in [0.3, 0.4) is 0 Å². The lowest BCUT2D eigenvalue weighted by Gasteiger charge is -2.41. The van der Waals surface area contributed by atoms with Gasteiger partial charge in [-0.05, 0) is 39.2 Å². The van der Waals surface area contributed by atoms with E-state index in [2.05, 4.69) is 0 Å². The summed E-state index contributed by atoms with van der Waals surface area (Å²) < 4.78 is 5.37. The maximum atomic E-state index is 13.2. The second-order valence-corrected chi connectivity index (χ2v) is 8.70. The number of hydrogen-bond acceptors (Lipinski definition) is 5. The Morgan fingerprint density at radius 2 is 1.71 bits per heavy atom. The van der Waals surface area contributed by atoms with Gasteiger partial charge < -0.3 is 24.7 Å². The Morgan fingerprint density at radius 1 is 1.11 bits per heavy atom. The summed E-state index contributed by atoms with van der Waals surface area (Å²) in [6.07, 6.45) is 0.0182. The smallest absolute Gasteiger partial charge is 0.410 e. The molecule has 2 fully saturated rings. The summed E-state index contributed by atoms with van der Waals surface area (Å²) in [4.78, 5) is 28.4. The molecule has 28 heavy (non-hydrogen) atoms. The van der Waals surface area contributed by atoms with E-state index in [4.69, 9.17) is 4.74 Å². The van der Waals surface area contributed by atoms with Crippen molar-refractivity contribution in [2.24, 2.45) is 0 Å². The zero-order chi connectivity index (χ0) is 20.5. The molecule has 0 saturated carbocycles. The maximum Gasteiger partial charge on any atom is 0.410 e. The van der Waals surface area contributed by atoms with Crippen LogP contribution in [0, 0.1) is 0 Å². The standard InChI is InChI=1S/C21H30N2O5/c1-20(2,3)28-19(26)22-13-11-21(27,12-14-22)18(25)23-16(9-10-17(23)24)15-7-5-4-6-8-15/h4-8,16-17,24,27H,9-14H2,1-3H3. The van der Waals surface area contributed by atoms with Gasteiger partial charge in [0.1, 0.15) is 17.4 Å². The molecular formula is C21H30N2O5. The van der Waals surface area contributed by atoms with Crippen molar-refractivity contribution in [3.05, 3.63) is 35.9 Å². The average molecular weight is 390 g/mol. The Hall–Kier alpha value is -2.12. The van der Waals surface area contributed by atoms with Crippen molar-refractivity contribution < 1.29 is 24.5 Å². The number of aliphatic hydroxyl groups is 2. The highest BCUT2D eigenvalue weighted by molar-refractivity contribution is 5.86. The Morgan fingerprint density at radius 3 is 2.29 bits per heavy atom. The van der Waals surface area contributed by atoms with Gasteiger partial charge in [-0.15, -0.1) is 0 Å². The number of benzene rings is 1. The first-order valence-electron chi connectivity index (χ1n) is 9.87. The Labute approximate surface area is 165 Å². The van der Waals surface area contributed by atoms with Crippen molar-refractivity contribution in [1.29, 1.82) is 0 Å². The summed E-state index contributed by atoms with van der Waals surface area (Å²) in [5.41, 5.74) is -1.23. The summed E-state index contributed by atoms with van der Waals surface area (Å²) in [5, 5.41) is 21.4. The summed E-state index contributed by atoms with van der Waals surface area (Å²) in [7, 11) is 0. The molecule has 3 rings (SSSR count). The van der Waals surface area contributed by atoms with Crippen molar-refractivity contribution in [1.82, 2.24) is 9.80 Å². The predicted octanol–water partition coefficient (Wildman–Crippen LogP) is 2.43. The van der Waals surface area contributed by atoms with Gasteiger partial charge in [-0.3, -0.25) is 4.79 Å². The fraction of sp³-hybridized carbons (Fsp3) is 0.619. The van der Waals surface area contributed by atoms with Crippen LogP contribution in [0.2, 0.25) is 0 Å². The number of amides is 2. The average Bonchev–Trinajstić information content (AvgIpc) is 3.02. The summed E-state index contributed by atoms with van der Waals surface area (Å²) >= 11 is 0. The van der Waals surface area contributed by atoms with Crippen LogP contribution in [0.25, 0.3) is 0 Å².